The molecule has 2 fully saturated rings. The summed E-state index contributed by atoms with van der Waals surface area (Å²) in [6.07, 6.45) is 3.03. The molecule has 0 radical (unpaired) electrons. The molecule has 0 saturated carbocycles. The van der Waals surface area contributed by atoms with Crippen molar-refractivity contribution in [3.8, 4) is 11.9 Å². The molecule has 0 amide bonds. The van der Waals surface area contributed by atoms with E-state index in [1.165, 1.54) is 0 Å². The summed E-state index contributed by atoms with van der Waals surface area (Å²) in [7, 11) is 1.59. The van der Waals surface area contributed by atoms with Crippen molar-refractivity contribution in [1.82, 2.24) is 15.3 Å². The van der Waals surface area contributed by atoms with Crippen molar-refractivity contribution in [2.75, 3.05) is 26.8 Å². The van der Waals surface area contributed by atoms with Crippen LogP contribution < -0.4 is 14.8 Å². The van der Waals surface area contributed by atoms with E-state index in [1.54, 1.807) is 13.2 Å². The zero-order chi connectivity index (χ0) is 14.0. The lowest BCUT2D eigenvalue weighted by Gasteiger charge is -2.32. The van der Waals surface area contributed by atoms with Gasteiger partial charge in [-0.15, -0.1) is 0 Å². The van der Waals surface area contributed by atoms with Crippen LogP contribution >= 0.6 is 0 Å². The predicted molar refractivity (Wildman–Crippen MR) is 73.1 cm³/mol. The lowest BCUT2D eigenvalue weighted by Crippen LogP contribution is -2.41. The van der Waals surface area contributed by atoms with Crippen LogP contribution in [0.25, 0.3) is 0 Å². The Balaban J connectivity index is 1.65. The topological polar surface area (TPSA) is 65.5 Å². The zero-order valence-electron chi connectivity index (χ0n) is 12.0. The van der Waals surface area contributed by atoms with E-state index in [9.17, 15) is 0 Å². The van der Waals surface area contributed by atoms with Gasteiger partial charge >= 0.3 is 6.01 Å². The van der Waals surface area contributed by atoms with Crippen molar-refractivity contribution in [3.63, 3.8) is 0 Å². The average Bonchev–Trinajstić information content (AvgIpc) is 2.81. The number of methoxy groups -OCH3 is 1. The van der Waals surface area contributed by atoms with Gasteiger partial charge in [0.05, 0.1) is 19.3 Å². The maximum atomic E-state index is 6.00. The number of aryl methyl sites for hydroxylation is 1. The third-order valence-corrected chi connectivity index (χ3v) is 3.98. The number of ether oxygens (including phenoxy) is 3. The molecule has 1 N–H and O–H groups in total. The number of nitrogens with one attached hydrogen (secondary N) is 1. The summed E-state index contributed by atoms with van der Waals surface area (Å²) in [5.41, 5.74) is 0.825. The summed E-state index contributed by atoms with van der Waals surface area (Å²) >= 11 is 0. The lowest BCUT2D eigenvalue weighted by atomic mass is 9.89. The maximum absolute atomic E-state index is 6.00. The Kier molecular flexibility index (Phi) is 3.76. The number of piperidine rings is 1. The van der Waals surface area contributed by atoms with Gasteiger partial charge in [-0.3, -0.25) is 0 Å². The fourth-order valence-electron chi connectivity index (χ4n) is 2.93. The highest BCUT2D eigenvalue weighted by atomic mass is 16.6. The Labute approximate surface area is 118 Å². The van der Waals surface area contributed by atoms with E-state index < -0.39 is 0 Å². The van der Waals surface area contributed by atoms with Gasteiger partial charge in [0.2, 0.25) is 5.88 Å². The first-order chi connectivity index (χ1) is 9.69. The van der Waals surface area contributed by atoms with Gasteiger partial charge in [-0.1, -0.05) is 0 Å². The minimum atomic E-state index is -0.0101. The molecule has 6 nitrogen and oxygen atoms in total. The van der Waals surface area contributed by atoms with Crippen LogP contribution in [0, 0.1) is 6.92 Å². The van der Waals surface area contributed by atoms with Crippen LogP contribution in [0.4, 0.5) is 0 Å². The van der Waals surface area contributed by atoms with Gasteiger partial charge in [0.1, 0.15) is 6.10 Å². The van der Waals surface area contributed by atoms with E-state index in [2.05, 4.69) is 15.3 Å². The Morgan fingerprint density at radius 3 is 2.90 bits per heavy atom. The number of hydrogen-bond acceptors (Lipinski definition) is 6. The van der Waals surface area contributed by atoms with Gasteiger partial charge in [0.25, 0.3) is 0 Å². The highest BCUT2D eigenvalue weighted by Crippen LogP contribution is 2.35. The molecule has 20 heavy (non-hydrogen) atoms. The summed E-state index contributed by atoms with van der Waals surface area (Å²) in [5, 5.41) is 3.36. The molecule has 1 atom stereocenters. The fourth-order valence-corrected chi connectivity index (χ4v) is 2.93. The number of hydrogen-bond donors (Lipinski definition) is 1. The van der Waals surface area contributed by atoms with Gasteiger partial charge in [-0.25, -0.2) is 4.98 Å². The molecule has 2 saturated heterocycles. The molecule has 1 aromatic heterocycles. The average molecular weight is 279 g/mol. The lowest BCUT2D eigenvalue weighted by molar-refractivity contribution is -0.0206. The maximum Gasteiger partial charge on any atom is 0.320 e. The second-order valence-electron chi connectivity index (χ2n) is 5.52. The molecule has 3 heterocycles. The first-order valence-electron chi connectivity index (χ1n) is 7.10. The van der Waals surface area contributed by atoms with Crippen LogP contribution in [0.2, 0.25) is 0 Å². The smallest absolute Gasteiger partial charge is 0.320 e. The highest BCUT2D eigenvalue weighted by molar-refractivity contribution is 5.17. The molecular weight excluding hydrogens is 258 g/mol. The van der Waals surface area contributed by atoms with Crippen molar-refractivity contribution in [2.24, 2.45) is 0 Å². The van der Waals surface area contributed by atoms with Gasteiger partial charge in [0.15, 0.2) is 0 Å². The zero-order valence-corrected chi connectivity index (χ0v) is 12.0. The minimum absolute atomic E-state index is 0.0101. The molecule has 1 aromatic rings. The van der Waals surface area contributed by atoms with Crippen molar-refractivity contribution in [1.29, 1.82) is 0 Å². The van der Waals surface area contributed by atoms with Gasteiger partial charge in [-0.05, 0) is 32.9 Å². The summed E-state index contributed by atoms with van der Waals surface area (Å²) in [4.78, 5) is 8.52. The first kappa shape index (κ1) is 13.6. The Bertz CT molecular complexity index is 475. The first-order valence-corrected chi connectivity index (χ1v) is 7.10. The van der Waals surface area contributed by atoms with Crippen molar-refractivity contribution in [2.45, 2.75) is 37.9 Å². The van der Waals surface area contributed by atoms with Crippen molar-refractivity contribution < 1.29 is 14.2 Å². The summed E-state index contributed by atoms with van der Waals surface area (Å²) in [6, 6.07) is 2.16. The summed E-state index contributed by atoms with van der Waals surface area (Å²) in [6.45, 7) is 4.54. The van der Waals surface area contributed by atoms with Crippen LogP contribution in [0.3, 0.4) is 0 Å². The van der Waals surface area contributed by atoms with Crippen LogP contribution in [-0.4, -0.2) is 48.5 Å². The largest absolute Gasteiger partial charge is 0.481 e. The molecule has 6 heteroatoms. The normalized spacial score (nSPS) is 24.8. The molecular formula is C14H21N3O3. The van der Waals surface area contributed by atoms with Gasteiger partial charge in [-0.2, -0.15) is 4.98 Å². The molecule has 0 aromatic carbocycles. The minimum Gasteiger partial charge on any atom is -0.481 e. The van der Waals surface area contributed by atoms with Crippen molar-refractivity contribution in [3.05, 3.63) is 11.8 Å². The molecule has 3 rings (SSSR count). The molecule has 2 aliphatic heterocycles. The third-order valence-electron chi connectivity index (χ3n) is 3.98. The fraction of sp³-hybridized carbons (Fsp3) is 0.714. The summed E-state index contributed by atoms with van der Waals surface area (Å²) < 4.78 is 17.0. The van der Waals surface area contributed by atoms with Gasteiger partial charge in [0, 0.05) is 18.2 Å². The standard InChI is InChI=1S/C14H21N3O3/c1-10-7-12(18-2)17-13(16-10)20-11-8-14(19-9-11)3-5-15-6-4-14/h7,11,15H,3-6,8-9H2,1-2H3. The van der Waals surface area contributed by atoms with E-state index in [4.69, 9.17) is 14.2 Å². The SMILES string of the molecule is COc1cc(C)nc(OC2COC3(CCNCC3)C2)n1. The van der Waals surface area contributed by atoms with E-state index in [0.717, 1.165) is 38.0 Å². The quantitative estimate of drug-likeness (QED) is 0.893. The van der Waals surface area contributed by atoms with Crippen molar-refractivity contribution >= 4 is 0 Å². The van der Waals surface area contributed by atoms with E-state index in [1.807, 2.05) is 6.92 Å². The molecule has 110 valence electrons. The van der Waals surface area contributed by atoms with Crippen LogP contribution in [0.1, 0.15) is 25.0 Å². The summed E-state index contributed by atoms with van der Waals surface area (Å²) in [5.74, 6) is 0.531. The van der Waals surface area contributed by atoms with E-state index in [0.29, 0.717) is 18.5 Å². The Morgan fingerprint density at radius 2 is 2.15 bits per heavy atom. The molecule has 0 aliphatic carbocycles. The third kappa shape index (κ3) is 2.86. The molecule has 2 aliphatic rings. The molecule has 1 spiro atoms. The molecule has 0 bridgehead atoms. The number of nitrogens with zero attached hydrogens (tertiary/aromatic N) is 2. The predicted octanol–water partition coefficient (Wildman–Crippen LogP) is 1.08. The molecule has 1 unspecified atom stereocenters. The van der Waals surface area contributed by atoms with E-state index >= 15 is 0 Å². The monoisotopic (exact) mass is 279 g/mol. The Morgan fingerprint density at radius 1 is 1.35 bits per heavy atom. The van der Waals surface area contributed by atoms with E-state index in [-0.39, 0.29) is 11.7 Å². The highest BCUT2D eigenvalue weighted by Gasteiger charge is 2.42. The Hall–Kier alpha value is -1.40. The van der Waals surface area contributed by atoms with Crippen LogP contribution in [0.15, 0.2) is 6.07 Å². The van der Waals surface area contributed by atoms with Crippen LogP contribution in [-0.2, 0) is 4.74 Å². The second kappa shape index (κ2) is 5.54. The second-order valence-corrected chi connectivity index (χ2v) is 5.52. The number of rotatable bonds is 3. The van der Waals surface area contributed by atoms with Crippen LogP contribution in [0.5, 0.6) is 11.9 Å². The van der Waals surface area contributed by atoms with Gasteiger partial charge < -0.3 is 19.5 Å². The number of aromatic nitrogens is 2.